The predicted octanol–water partition coefficient (Wildman–Crippen LogP) is 3.70. The third-order valence-corrected chi connectivity index (χ3v) is 4.15. The summed E-state index contributed by atoms with van der Waals surface area (Å²) in [5, 5.41) is 15.5. The van der Waals surface area contributed by atoms with E-state index in [0.717, 1.165) is 15.6 Å². The monoisotopic (exact) mass is 405 g/mol. The van der Waals surface area contributed by atoms with Crippen LogP contribution in [0.25, 0.3) is 11.4 Å². The van der Waals surface area contributed by atoms with E-state index >= 15 is 0 Å². The molecule has 0 aliphatic carbocycles. The number of nitrogens with zero attached hydrogens (tertiary/aromatic N) is 4. The first kappa shape index (κ1) is 16.6. The molecule has 0 aliphatic rings. The van der Waals surface area contributed by atoms with Crippen molar-refractivity contribution in [1.29, 1.82) is 0 Å². The van der Waals surface area contributed by atoms with Gasteiger partial charge < -0.3 is 5.32 Å². The van der Waals surface area contributed by atoms with Gasteiger partial charge in [0.05, 0.1) is 5.69 Å². The van der Waals surface area contributed by atoms with Gasteiger partial charge in [-0.3, -0.25) is 4.79 Å². The number of halogens is 2. The minimum atomic E-state index is -0.236. The Hall–Kier alpha value is -2.25. The van der Waals surface area contributed by atoms with Crippen LogP contribution in [0, 0.1) is 6.92 Å². The Morgan fingerprint density at radius 3 is 2.71 bits per heavy atom. The molecular formula is C16H13BrClN5O. The van der Waals surface area contributed by atoms with Gasteiger partial charge in [0.2, 0.25) is 11.7 Å². The van der Waals surface area contributed by atoms with Gasteiger partial charge in [0.25, 0.3) is 0 Å². The molecule has 6 nitrogen and oxygen atoms in total. The summed E-state index contributed by atoms with van der Waals surface area (Å²) in [6.07, 6.45) is 0. The van der Waals surface area contributed by atoms with Gasteiger partial charge in [-0.1, -0.05) is 17.7 Å². The average Bonchev–Trinajstić information content (AvgIpc) is 2.99. The molecular weight excluding hydrogens is 394 g/mol. The molecule has 1 amide bonds. The highest BCUT2D eigenvalue weighted by molar-refractivity contribution is 9.10. The van der Waals surface area contributed by atoms with Crippen LogP contribution < -0.4 is 5.32 Å². The lowest BCUT2D eigenvalue weighted by molar-refractivity contribution is -0.117. The Balaban J connectivity index is 1.68. The number of hydrogen-bond acceptors (Lipinski definition) is 4. The van der Waals surface area contributed by atoms with Gasteiger partial charge in [-0.05, 0) is 70.0 Å². The number of hydrogen-bond donors (Lipinski definition) is 1. The standard InChI is InChI=1S/C16H13BrClN5O/c1-10-2-7-14(13(17)8-10)19-15(24)9-23-21-16(20-22-23)11-3-5-12(18)6-4-11/h2-8H,9H2,1H3,(H,19,24). The number of carbonyl (C=O) groups excluding carboxylic acids is 1. The van der Waals surface area contributed by atoms with Gasteiger partial charge in [0, 0.05) is 15.1 Å². The zero-order valence-corrected chi connectivity index (χ0v) is 15.0. The normalized spacial score (nSPS) is 10.6. The van der Waals surface area contributed by atoms with Gasteiger partial charge >= 0.3 is 0 Å². The predicted molar refractivity (Wildman–Crippen MR) is 95.8 cm³/mol. The maximum absolute atomic E-state index is 12.1. The number of benzene rings is 2. The second kappa shape index (κ2) is 7.11. The third-order valence-electron chi connectivity index (χ3n) is 3.24. The van der Waals surface area contributed by atoms with Gasteiger partial charge in [-0.2, -0.15) is 4.80 Å². The highest BCUT2D eigenvalue weighted by Gasteiger charge is 2.11. The van der Waals surface area contributed by atoms with Crippen LogP contribution in [0.3, 0.4) is 0 Å². The lowest BCUT2D eigenvalue weighted by atomic mass is 10.2. The minimum Gasteiger partial charge on any atom is -0.323 e. The number of tetrazole rings is 1. The van der Waals surface area contributed by atoms with E-state index in [2.05, 4.69) is 36.7 Å². The lowest BCUT2D eigenvalue weighted by Crippen LogP contribution is -2.20. The van der Waals surface area contributed by atoms with Gasteiger partial charge in [0.15, 0.2) is 0 Å². The summed E-state index contributed by atoms with van der Waals surface area (Å²) in [5.41, 5.74) is 2.58. The van der Waals surface area contributed by atoms with E-state index in [9.17, 15) is 4.79 Å². The van der Waals surface area contributed by atoms with Crippen LogP contribution in [0.5, 0.6) is 0 Å². The van der Waals surface area contributed by atoms with Crippen molar-refractivity contribution in [3.63, 3.8) is 0 Å². The molecule has 0 spiro atoms. The van der Waals surface area contributed by atoms with E-state index < -0.39 is 0 Å². The Bertz CT molecular complexity index is 878. The van der Waals surface area contributed by atoms with E-state index in [0.29, 0.717) is 16.5 Å². The molecule has 122 valence electrons. The first-order chi connectivity index (χ1) is 11.5. The molecule has 24 heavy (non-hydrogen) atoms. The lowest BCUT2D eigenvalue weighted by Gasteiger charge is -2.07. The molecule has 1 aromatic heterocycles. The molecule has 0 saturated carbocycles. The quantitative estimate of drug-likeness (QED) is 0.717. The summed E-state index contributed by atoms with van der Waals surface area (Å²) in [6, 6.07) is 12.8. The average molecular weight is 407 g/mol. The summed E-state index contributed by atoms with van der Waals surface area (Å²) < 4.78 is 0.823. The Morgan fingerprint density at radius 2 is 2.00 bits per heavy atom. The van der Waals surface area contributed by atoms with Crippen LogP contribution in [0.15, 0.2) is 46.9 Å². The molecule has 0 radical (unpaired) electrons. The molecule has 1 N–H and O–H groups in total. The fourth-order valence-electron chi connectivity index (χ4n) is 2.06. The third kappa shape index (κ3) is 3.98. The zero-order chi connectivity index (χ0) is 17.1. The molecule has 0 atom stereocenters. The smallest absolute Gasteiger partial charge is 0.248 e. The summed E-state index contributed by atoms with van der Waals surface area (Å²) in [4.78, 5) is 13.4. The van der Waals surface area contributed by atoms with Crippen molar-refractivity contribution in [2.45, 2.75) is 13.5 Å². The molecule has 1 heterocycles. The number of aryl methyl sites for hydroxylation is 1. The van der Waals surface area contributed by atoms with E-state index in [4.69, 9.17) is 11.6 Å². The van der Waals surface area contributed by atoms with Crippen molar-refractivity contribution in [1.82, 2.24) is 20.2 Å². The number of amides is 1. The molecule has 3 rings (SSSR count). The van der Waals surface area contributed by atoms with Crippen LogP contribution in [0.4, 0.5) is 5.69 Å². The maximum atomic E-state index is 12.1. The van der Waals surface area contributed by atoms with E-state index in [-0.39, 0.29) is 12.5 Å². The van der Waals surface area contributed by atoms with Crippen molar-refractivity contribution in [3.05, 3.63) is 57.5 Å². The Morgan fingerprint density at radius 1 is 1.25 bits per heavy atom. The summed E-state index contributed by atoms with van der Waals surface area (Å²) in [5.74, 6) is 0.204. The van der Waals surface area contributed by atoms with Crippen molar-refractivity contribution in [3.8, 4) is 11.4 Å². The maximum Gasteiger partial charge on any atom is 0.248 e. The highest BCUT2D eigenvalue weighted by atomic mass is 79.9. The molecule has 8 heteroatoms. The summed E-state index contributed by atoms with van der Waals surface area (Å²) in [6.45, 7) is 1.95. The van der Waals surface area contributed by atoms with Crippen molar-refractivity contribution in [2.75, 3.05) is 5.32 Å². The van der Waals surface area contributed by atoms with E-state index in [1.807, 2.05) is 25.1 Å². The highest BCUT2D eigenvalue weighted by Crippen LogP contribution is 2.23. The van der Waals surface area contributed by atoms with Crippen LogP contribution in [-0.2, 0) is 11.3 Å². The van der Waals surface area contributed by atoms with Crippen molar-refractivity contribution >= 4 is 39.1 Å². The number of carbonyl (C=O) groups is 1. The first-order valence-corrected chi connectivity index (χ1v) is 8.28. The topological polar surface area (TPSA) is 72.7 Å². The fraction of sp³-hybridized carbons (Fsp3) is 0.125. The van der Waals surface area contributed by atoms with Crippen LogP contribution >= 0.6 is 27.5 Å². The van der Waals surface area contributed by atoms with Crippen LogP contribution in [0.1, 0.15) is 5.56 Å². The second-order valence-electron chi connectivity index (χ2n) is 5.18. The number of rotatable bonds is 4. The molecule has 0 aliphatic heterocycles. The fourth-order valence-corrected chi connectivity index (χ4v) is 2.78. The van der Waals surface area contributed by atoms with Crippen LogP contribution in [-0.4, -0.2) is 26.1 Å². The molecule has 0 bridgehead atoms. The molecule has 0 fully saturated rings. The molecule has 3 aromatic rings. The van der Waals surface area contributed by atoms with Crippen molar-refractivity contribution in [2.24, 2.45) is 0 Å². The summed E-state index contributed by atoms with van der Waals surface area (Å²) >= 11 is 9.28. The Labute approximate surface area is 152 Å². The van der Waals surface area contributed by atoms with Gasteiger partial charge in [-0.15, -0.1) is 10.2 Å². The Kier molecular flexibility index (Phi) is 4.92. The number of anilines is 1. The van der Waals surface area contributed by atoms with Crippen LogP contribution in [0.2, 0.25) is 5.02 Å². The first-order valence-electron chi connectivity index (χ1n) is 7.11. The van der Waals surface area contributed by atoms with E-state index in [1.54, 1.807) is 24.3 Å². The molecule has 0 saturated heterocycles. The van der Waals surface area contributed by atoms with Gasteiger partial charge in [0.1, 0.15) is 6.54 Å². The van der Waals surface area contributed by atoms with Crippen molar-refractivity contribution < 1.29 is 4.79 Å². The summed E-state index contributed by atoms with van der Waals surface area (Å²) in [7, 11) is 0. The number of nitrogens with one attached hydrogen (secondary N) is 1. The SMILES string of the molecule is Cc1ccc(NC(=O)Cn2nnc(-c3ccc(Cl)cc3)n2)c(Br)c1. The minimum absolute atomic E-state index is 0.0269. The molecule has 0 unspecified atom stereocenters. The molecule has 2 aromatic carbocycles. The number of aromatic nitrogens is 4. The zero-order valence-electron chi connectivity index (χ0n) is 12.7. The second-order valence-corrected chi connectivity index (χ2v) is 6.47. The van der Waals surface area contributed by atoms with E-state index in [1.165, 1.54) is 4.80 Å². The van der Waals surface area contributed by atoms with Gasteiger partial charge in [-0.25, -0.2) is 0 Å². The largest absolute Gasteiger partial charge is 0.323 e.